The lowest BCUT2D eigenvalue weighted by atomic mass is 10.2. The third-order valence-electron chi connectivity index (χ3n) is 5.60. The normalized spacial score (nSPS) is 19.7. The fraction of sp³-hybridized carbons (Fsp3) is 0.526. The fourth-order valence-corrected chi connectivity index (χ4v) is 3.74. The number of aromatic amines is 1. The van der Waals surface area contributed by atoms with Crippen LogP contribution in [0.5, 0.6) is 0 Å². The molecule has 1 atom stereocenters. The van der Waals surface area contributed by atoms with Crippen molar-refractivity contribution in [3.8, 4) is 0 Å². The van der Waals surface area contributed by atoms with Crippen LogP contribution in [0.15, 0.2) is 23.3 Å². The molecule has 190 valence electrons. The summed E-state index contributed by atoms with van der Waals surface area (Å²) in [6.45, 7) is 1.12. The molecule has 16 heteroatoms. The number of carbonyl (C=O) groups is 1. The van der Waals surface area contributed by atoms with E-state index in [2.05, 4.69) is 15.1 Å². The van der Waals surface area contributed by atoms with Crippen LogP contribution in [-0.2, 0) is 21.9 Å². The van der Waals surface area contributed by atoms with Crippen molar-refractivity contribution >= 4 is 17.7 Å². The molecule has 1 amide bonds. The van der Waals surface area contributed by atoms with E-state index in [1.807, 2.05) is 5.10 Å². The van der Waals surface area contributed by atoms with Gasteiger partial charge in [-0.2, -0.15) is 31.4 Å². The highest BCUT2D eigenvalue weighted by Gasteiger charge is 2.37. The monoisotopic (exact) mass is 507 g/mol. The number of halogens is 6. The van der Waals surface area contributed by atoms with Gasteiger partial charge in [0.25, 0.3) is 11.5 Å². The summed E-state index contributed by atoms with van der Waals surface area (Å²) in [6.07, 6.45) is -8.99. The van der Waals surface area contributed by atoms with Crippen LogP contribution in [0.1, 0.15) is 11.1 Å². The molecule has 4 heterocycles. The third-order valence-corrected chi connectivity index (χ3v) is 5.60. The maximum Gasteiger partial charge on any atom is 0.421 e. The Hall–Kier alpha value is -3.43. The van der Waals surface area contributed by atoms with Crippen molar-refractivity contribution in [3.05, 3.63) is 39.9 Å². The summed E-state index contributed by atoms with van der Waals surface area (Å²) in [5, 5.41) is 5.49. The second kappa shape index (κ2) is 9.31. The van der Waals surface area contributed by atoms with Gasteiger partial charge in [-0.25, -0.2) is 15.1 Å². The Morgan fingerprint density at radius 3 is 2.23 bits per heavy atom. The smallest absolute Gasteiger partial charge is 0.365 e. The van der Waals surface area contributed by atoms with Crippen LogP contribution < -0.4 is 15.4 Å². The van der Waals surface area contributed by atoms with E-state index in [0.29, 0.717) is 18.5 Å². The van der Waals surface area contributed by atoms with Gasteiger partial charge in [-0.15, -0.1) is 0 Å². The van der Waals surface area contributed by atoms with Gasteiger partial charge in [-0.05, 0) is 0 Å². The van der Waals surface area contributed by atoms with Gasteiger partial charge >= 0.3 is 12.4 Å². The zero-order valence-electron chi connectivity index (χ0n) is 17.9. The lowest BCUT2D eigenvalue weighted by Gasteiger charge is -2.39. The molecule has 2 aliphatic heterocycles. The largest absolute Gasteiger partial charge is 0.421 e. The highest BCUT2D eigenvalue weighted by molar-refractivity contribution is 5.82. The summed E-state index contributed by atoms with van der Waals surface area (Å²) in [4.78, 5) is 36.5. The number of piperazine rings is 1. The van der Waals surface area contributed by atoms with Gasteiger partial charge in [-0.3, -0.25) is 9.59 Å². The van der Waals surface area contributed by atoms with E-state index in [0.717, 1.165) is 0 Å². The van der Waals surface area contributed by atoms with Crippen molar-refractivity contribution in [3.63, 3.8) is 0 Å². The Labute approximate surface area is 193 Å². The molecule has 0 unspecified atom stereocenters. The predicted octanol–water partition coefficient (Wildman–Crippen LogP) is 1.15. The Morgan fingerprint density at radius 2 is 1.63 bits per heavy atom. The molecule has 2 fully saturated rings. The average molecular weight is 507 g/mol. The van der Waals surface area contributed by atoms with E-state index in [4.69, 9.17) is 4.74 Å². The molecule has 0 aromatic carbocycles. The SMILES string of the molecule is O=C([C@@H]1CN(c2cc(C(F)(F)F)c(=O)[nH]n2)CCO1)N1CCN(c2ncc(C(F)(F)F)cn2)CC1. The lowest BCUT2D eigenvalue weighted by Crippen LogP contribution is -2.56. The number of morpholine rings is 1. The Balaban J connectivity index is 1.37. The Kier molecular flexibility index (Phi) is 6.57. The molecule has 2 saturated heterocycles. The molecule has 35 heavy (non-hydrogen) atoms. The zero-order chi connectivity index (χ0) is 25.4. The lowest BCUT2D eigenvalue weighted by molar-refractivity contribution is -0.145. The number of anilines is 2. The summed E-state index contributed by atoms with van der Waals surface area (Å²) in [5.74, 6) is -0.416. The molecular weight excluding hydrogens is 488 g/mol. The molecule has 0 radical (unpaired) electrons. The van der Waals surface area contributed by atoms with E-state index < -0.39 is 35.1 Å². The number of hydrogen-bond acceptors (Lipinski definition) is 8. The van der Waals surface area contributed by atoms with Crippen molar-refractivity contribution in [1.82, 2.24) is 25.1 Å². The number of carbonyl (C=O) groups excluding carboxylic acids is 1. The van der Waals surface area contributed by atoms with Crippen molar-refractivity contribution in [2.24, 2.45) is 0 Å². The van der Waals surface area contributed by atoms with Gasteiger partial charge in [0, 0.05) is 51.2 Å². The number of ether oxygens (including phenoxy) is 1. The van der Waals surface area contributed by atoms with Crippen LogP contribution in [0, 0.1) is 0 Å². The van der Waals surface area contributed by atoms with Gasteiger partial charge in [0.2, 0.25) is 5.95 Å². The van der Waals surface area contributed by atoms with Crippen molar-refractivity contribution < 1.29 is 35.9 Å². The molecule has 0 saturated carbocycles. The van der Waals surface area contributed by atoms with E-state index in [1.54, 1.807) is 4.90 Å². The highest BCUT2D eigenvalue weighted by atomic mass is 19.4. The number of alkyl halides is 6. The number of H-pyrrole nitrogens is 1. The average Bonchev–Trinajstić information content (AvgIpc) is 2.83. The number of nitrogens with one attached hydrogen (secondary N) is 1. The van der Waals surface area contributed by atoms with Crippen molar-refractivity contribution in [2.45, 2.75) is 18.5 Å². The molecule has 2 aromatic heterocycles. The minimum absolute atomic E-state index is 0.0535. The van der Waals surface area contributed by atoms with Crippen LogP contribution in [-0.4, -0.2) is 83.0 Å². The number of aromatic nitrogens is 4. The summed E-state index contributed by atoms with van der Waals surface area (Å²) in [6, 6.07) is 0.633. The van der Waals surface area contributed by atoms with Crippen LogP contribution in [0.25, 0.3) is 0 Å². The minimum Gasteiger partial charge on any atom is -0.365 e. The molecule has 1 N–H and O–H groups in total. The van der Waals surface area contributed by atoms with Crippen LogP contribution in [0.2, 0.25) is 0 Å². The first kappa shape index (κ1) is 24.7. The number of rotatable bonds is 3. The maximum atomic E-state index is 13.1. The van der Waals surface area contributed by atoms with Crippen LogP contribution in [0.4, 0.5) is 38.1 Å². The highest BCUT2D eigenvalue weighted by Crippen LogP contribution is 2.29. The molecule has 0 bridgehead atoms. The van der Waals surface area contributed by atoms with Crippen LogP contribution in [0.3, 0.4) is 0 Å². The van der Waals surface area contributed by atoms with Crippen LogP contribution >= 0.6 is 0 Å². The molecular formula is C19H19F6N7O3. The van der Waals surface area contributed by atoms with Crippen molar-refractivity contribution in [1.29, 1.82) is 0 Å². The van der Waals surface area contributed by atoms with E-state index in [9.17, 15) is 35.9 Å². The number of amides is 1. The Morgan fingerprint density at radius 1 is 0.971 bits per heavy atom. The van der Waals surface area contributed by atoms with E-state index in [1.165, 1.54) is 9.80 Å². The summed E-state index contributed by atoms with van der Waals surface area (Å²) < 4.78 is 82.7. The minimum atomic E-state index is -4.86. The number of hydrogen-bond donors (Lipinski definition) is 1. The second-order valence-electron chi connectivity index (χ2n) is 7.85. The molecule has 4 rings (SSSR count). The topological polar surface area (TPSA) is 108 Å². The third kappa shape index (κ3) is 5.47. The fourth-order valence-electron chi connectivity index (χ4n) is 3.74. The van der Waals surface area contributed by atoms with E-state index in [-0.39, 0.29) is 63.5 Å². The first-order chi connectivity index (χ1) is 16.4. The summed E-state index contributed by atoms with van der Waals surface area (Å²) in [5.41, 5.74) is -3.72. The molecule has 0 aliphatic carbocycles. The zero-order valence-corrected chi connectivity index (χ0v) is 17.9. The van der Waals surface area contributed by atoms with Gasteiger partial charge in [0.05, 0.1) is 18.7 Å². The standard InChI is InChI=1S/C19H19F6N7O3/c20-18(21,22)11-8-26-17(27-9-11)31-3-1-30(2-4-31)16(34)13-10-32(5-6-35-13)14-7-12(19(23,24)25)15(33)29-28-14/h7-9,13H,1-6,10H2,(H,29,33)/t13-/m0/s1. The quantitative estimate of drug-likeness (QED) is 0.617. The second-order valence-corrected chi connectivity index (χ2v) is 7.85. The molecule has 0 spiro atoms. The number of nitrogens with zero attached hydrogens (tertiary/aromatic N) is 6. The Bertz CT molecular complexity index is 1110. The van der Waals surface area contributed by atoms with Crippen molar-refractivity contribution in [2.75, 3.05) is 55.7 Å². The maximum absolute atomic E-state index is 13.1. The van der Waals surface area contributed by atoms with Gasteiger partial charge < -0.3 is 19.4 Å². The summed E-state index contributed by atoms with van der Waals surface area (Å²) in [7, 11) is 0. The van der Waals surface area contributed by atoms with Gasteiger partial charge in [0.15, 0.2) is 6.10 Å². The van der Waals surface area contributed by atoms with Gasteiger partial charge in [-0.1, -0.05) is 0 Å². The first-order valence-corrected chi connectivity index (χ1v) is 10.4. The molecule has 2 aromatic rings. The van der Waals surface area contributed by atoms with E-state index >= 15 is 0 Å². The summed E-state index contributed by atoms with van der Waals surface area (Å²) >= 11 is 0. The molecule has 2 aliphatic rings. The first-order valence-electron chi connectivity index (χ1n) is 10.4. The predicted molar refractivity (Wildman–Crippen MR) is 108 cm³/mol. The molecule has 10 nitrogen and oxygen atoms in total. The van der Waals surface area contributed by atoms with Gasteiger partial charge in [0.1, 0.15) is 11.4 Å².